The zero-order valence-electron chi connectivity index (χ0n) is 11.5. The van der Waals surface area contributed by atoms with Gasteiger partial charge >= 0.3 is 0 Å². The molecule has 1 saturated carbocycles. The predicted octanol–water partition coefficient (Wildman–Crippen LogP) is 3.91. The molecule has 1 aromatic carbocycles. The fourth-order valence-corrected chi connectivity index (χ4v) is 3.67. The number of carbonyl (C=O) groups excluding carboxylic acids is 1. The molecule has 1 aliphatic rings. The van der Waals surface area contributed by atoms with E-state index in [9.17, 15) is 4.79 Å². The number of fused-ring (bicyclic) bond motifs is 1. The number of nitrogen functional groups attached to an aromatic ring is 1. The van der Waals surface area contributed by atoms with Gasteiger partial charge in [0.1, 0.15) is 4.88 Å². The van der Waals surface area contributed by atoms with Crippen molar-refractivity contribution in [2.24, 2.45) is 11.3 Å². The van der Waals surface area contributed by atoms with Crippen LogP contribution in [-0.4, -0.2) is 12.5 Å². The molecule has 1 amide bonds. The van der Waals surface area contributed by atoms with E-state index in [-0.39, 0.29) is 5.91 Å². The van der Waals surface area contributed by atoms with Gasteiger partial charge in [-0.15, -0.1) is 11.3 Å². The summed E-state index contributed by atoms with van der Waals surface area (Å²) in [6, 6.07) is 5.53. The molecule has 106 valence electrons. The van der Waals surface area contributed by atoms with Crippen molar-refractivity contribution in [2.75, 3.05) is 12.3 Å². The molecule has 0 bridgehead atoms. The molecule has 3 rings (SSSR count). The van der Waals surface area contributed by atoms with Crippen LogP contribution in [-0.2, 0) is 0 Å². The van der Waals surface area contributed by atoms with Crippen LogP contribution in [0.15, 0.2) is 18.2 Å². The second-order valence-electron chi connectivity index (χ2n) is 6.08. The van der Waals surface area contributed by atoms with Gasteiger partial charge in [-0.05, 0) is 36.0 Å². The van der Waals surface area contributed by atoms with E-state index in [1.54, 1.807) is 0 Å². The van der Waals surface area contributed by atoms with Gasteiger partial charge in [-0.1, -0.05) is 25.4 Å². The van der Waals surface area contributed by atoms with Crippen LogP contribution in [0, 0.1) is 11.3 Å². The van der Waals surface area contributed by atoms with Crippen LogP contribution in [0.2, 0.25) is 5.02 Å². The molecule has 3 N–H and O–H groups in total. The standard InChI is InChI=1S/C15H17ClN2OS/c1-15(2)6-8(15)7-18-14(19)13-12(17)10-5-9(16)3-4-11(10)20-13/h3-5,8H,6-7,17H2,1-2H3,(H,18,19). The Bertz CT molecular complexity index is 692. The molecule has 20 heavy (non-hydrogen) atoms. The van der Waals surface area contributed by atoms with Crippen LogP contribution in [0.1, 0.15) is 29.9 Å². The average molecular weight is 309 g/mol. The van der Waals surface area contributed by atoms with E-state index < -0.39 is 0 Å². The first-order valence-corrected chi connectivity index (χ1v) is 7.83. The first-order valence-electron chi connectivity index (χ1n) is 6.64. The van der Waals surface area contributed by atoms with Gasteiger partial charge in [-0.3, -0.25) is 4.79 Å². The number of amides is 1. The van der Waals surface area contributed by atoms with E-state index in [1.807, 2.05) is 18.2 Å². The summed E-state index contributed by atoms with van der Waals surface area (Å²) < 4.78 is 0.990. The van der Waals surface area contributed by atoms with Gasteiger partial charge in [0.25, 0.3) is 5.91 Å². The molecule has 3 nitrogen and oxygen atoms in total. The summed E-state index contributed by atoms with van der Waals surface area (Å²) in [5.41, 5.74) is 6.97. The van der Waals surface area contributed by atoms with E-state index in [4.69, 9.17) is 17.3 Å². The number of benzene rings is 1. The number of thiophene rings is 1. The third kappa shape index (κ3) is 2.38. The highest BCUT2D eigenvalue weighted by Gasteiger charge is 2.45. The number of nitrogens with two attached hydrogens (primary N) is 1. The molecule has 1 aromatic heterocycles. The molecule has 1 fully saturated rings. The average Bonchev–Trinajstić information content (AvgIpc) is 2.87. The summed E-state index contributed by atoms with van der Waals surface area (Å²) >= 11 is 7.39. The predicted molar refractivity (Wildman–Crippen MR) is 85.5 cm³/mol. The fraction of sp³-hybridized carbons (Fsp3) is 0.400. The van der Waals surface area contributed by atoms with Gasteiger partial charge in [0.15, 0.2) is 0 Å². The molecule has 0 spiro atoms. The summed E-state index contributed by atoms with van der Waals surface area (Å²) in [6.45, 7) is 5.17. The fourth-order valence-electron chi connectivity index (χ4n) is 2.48. The van der Waals surface area contributed by atoms with Crippen molar-refractivity contribution in [3.63, 3.8) is 0 Å². The topological polar surface area (TPSA) is 55.1 Å². The second-order valence-corrected chi connectivity index (χ2v) is 7.57. The number of carbonyl (C=O) groups is 1. The van der Waals surface area contributed by atoms with Crippen molar-refractivity contribution in [1.82, 2.24) is 5.32 Å². The zero-order chi connectivity index (χ0) is 14.5. The Hall–Kier alpha value is -1.26. The van der Waals surface area contributed by atoms with E-state index in [0.717, 1.165) is 16.6 Å². The van der Waals surface area contributed by atoms with Crippen LogP contribution in [0.3, 0.4) is 0 Å². The lowest BCUT2D eigenvalue weighted by Crippen LogP contribution is -2.26. The Labute approximate surface area is 127 Å². The highest BCUT2D eigenvalue weighted by atomic mass is 35.5. The largest absolute Gasteiger partial charge is 0.397 e. The van der Waals surface area contributed by atoms with Gasteiger partial charge in [0, 0.05) is 21.7 Å². The van der Waals surface area contributed by atoms with Crippen molar-refractivity contribution >= 4 is 44.6 Å². The van der Waals surface area contributed by atoms with Crippen LogP contribution in [0.25, 0.3) is 10.1 Å². The SMILES string of the molecule is CC1(C)CC1CNC(=O)c1sc2ccc(Cl)cc2c1N. The third-order valence-corrected chi connectivity index (χ3v) is 5.54. The monoisotopic (exact) mass is 308 g/mol. The van der Waals surface area contributed by atoms with Crippen molar-refractivity contribution in [2.45, 2.75) is 20.3 Å². The molecule has 5 heteroatoms. The number of anilines is 1. The Kier molecular flexibility index (Phi) is 3.18. The van der Waals surface area contributed by atoms with Gasteiger partial charge < -0.3 is 11.1 Å². The maximum absolute atomic E-state index is 12.2. The number of halogens is 1. The summed E-state index contributed by atoms with van der Waals surface area (Å²) in [4.78, 5) is 12.8. The van der Waals surface area contributed by atoms with Crippen LogP contribution < -0.4 is 11.1 Å². The molecular formula is C15H17ClN2OS. The van der Waals surface area contributed by atoms with Crippen molar-refractivity contribution in [3.05, 3.63) is 28.1 Å². The first kappa shape index (κ1) is 13.7. The Morgan fingerprint density at radius 1 is 1.55 bits per heavy atom. The quantitative estimate of drug-likeness (QED) is 0.903. The van der Waals surface area contributed by atoms with Gasteiger partial charge in [0.2, 0.25) is 0 Å². The lowest BCUT2D eigenvalue weighted by molar-refractivity contribution is 0.0955. The molecule has 0 aliphatic heterocycles. The zero-order valence-corrected chi connectivity index (χ0v) is 13.1. The lowest BCUT2D eigenvalue weighted by Gasteiger charge is -2.05. The molecule has 2 aromatic rings. The summed E-state index contributed by atoms with van der Waals surface area (Å²) in [6.07, 6.45) is 1.17. The van der Waals surface area contributed by atoms with E-state index in [2.05, 4.69) is 19.2 Å². The number of nitrogens with one attached hydrogen (secondary N) is 1. The van der Waals surface area contributed by atoms with Gasteiger partial charge in [-0.25, -0.2) is 0 Å². The number of hydrogen-bond acceptors (Lipinski definition) is 3. The highest BCUT2D eigenvalue weighted by molar-refractivity contribution is 7.21. The van der Waals surface area contributed by atoms with Crippen LogP contribution in [0.4, 0.5) is 5.69 Å². The minimum atomic E-state index is -0.0810. The van der Waals surface area contributed by atoms with Crippen molar-refractivity contribution in [3.8, 4) is 0 Å². The van der Waals surface area contributed by atoms with Crippen LogP contribution in [0.5, 0.6) is 0 Å². The summed E-state index contributed by atoms with van der Waals surface area (Å²) in [7, 11) is 0. The molecule has 1 aliphatic carbocycles. The second kappa shape index (κ2) is 4.64. The molecule has 0 saturated heterocycles. The van der Waals surface area contributed by atoms with Gasteiger partial charge in [-0.2, -0.15) is 0 Å². The highest BCUT2D eigenvalue weighted by Crippen LogP contribution is 2.51. The van der Waals surface area contributed by atoms with Crippen molar-refractivity contribution in [1.29, 1.82) is 0 Å². The Balaban J connectivity index is 1.79. The number of rotatable bonds is 3. The molecule has 1 atom stereocenters. The van der Waals surface area contributed by atoms with Gasteiger partial charge in [0.05, 0.1) is 5.69 Å². The molecule has 1 unspecified atom stereocenters. The smallest absolute Gasteiger partial charge is 0.263 e. The summed E-state index contributed by atoms with van der Waals surface area (Å²) in [5.74, 6) is 0.499. The van der Waals surface area contributed by atoms with Crippen molar-refractivity contribution < 1.29 is 4.79 Å². The maximum atomic E-state index is 12.2. The Morgan fingerprint density at radius 2 is 2.25 bits per heavy atom. The van der Waals surface area contributed by atoms with E-state index in [1.165, 1.54) is 17.8 Å². The normalized spacial score (nSPS) is 20.1. The van der Waals surface area contributed by atoms with Crippen LogP contribution >= 0.6 is 22.9 Å². The number of hydrogen-bond donors (Lipinski definition) is 2. The maximum Gasteiger partial charge on any atom is 0.263 e. The summed E-state index contributed by atoms with van der Waals surface area (Å²) in [5, 5.41) is 4.49. The minimum Gasteiger partial charge on any atom is -0.397 e. The third-order valence-electron chi connectivity index (χ3n) is 4.12. The molecule has 1 heterocycles. The minimum absolute atomic E-state index is 0.0810. The van der Waals surface area contributed by atoms with E-state index in [0.29, 0.717) is 26.9 Å². The lowest BCUT2D eigenvalue weighted by atomic mass is 10.1. The Morgan fingerprint density at radius 3 is 2.90 bits per heavy atom. The molecule has 0 radical (unpaired) electrons. The van der Waals surface area contributed by atoms with E-state index >= 15 is 0 Å². The first-order chi connectivity index (χ1) is 9.38. The molecular weight excluding hydrogens is 292 g/mol.